The Morgan fingerprint density at radius 1 is 1.32 bits per heavy atom. The van der Waals surface area contributed by atoms with Crippen molar-refractivity contribution in [1.29, 1.82) is 0 Å². The highest BCUT2D eigenvalue weighted by Crippen LogP contribution is 2.38. The highest BCUT2D eigenvalue weighted by molar-refractivity contribution is 5.74. The number of likely N-dealkylation sites (tertiary alicyclic amines) is 1. The smallest absolute Gasteiger partial charge is 0.380 e. The zero-order chi connectivity index (χ0) is 16.4. The number of benzene rings is 1. The van der Waals surface area contributed by atoms with E-state index in [0.717, 1.165) is 0 Å². The van der Waals surface area contributed by atoms with Crippen LogP contribution in [0, 0.1) is 5.82 Å². The first-order valence-corrected chi connectivity index (χ1v) is 6.78. The Balaban J connectivity index is 1.85. The third-order valence-corrected chi connectivity index (χ3v) is 3.74. The van der Waals surface area contributed by atoms with Gasteiger partial charge in [0.25, 0.3) is 0 Å². The molecular weight excluding hydrogens is 304 g/mol. The van der Waals surface area contributed by atoms with Crippen LogP contribution in [-0.2, 0) is 6.54 Å². The van der Waals surface area contributed by atoms with Gasteiger partial charge in [-0.25, -0.2) is 9.18 Å². The van der Waals surface area contributed by atoms with Crippen molar-refractivity contribution < 1.29 is 27.5 Å². The van der Waals surface area contributed by atoms with Gasteiger partial charge in [-0.3, -0.25) is 0 Å². The largest absolute Gasteiger partial charge is 0.417 e. The molecular formula is C14H16F4N2O2. The highest BCUT2D eigenvalue weighted by atomic mass is 19.4. The number of hydrogen-bond donors (Lipinski definition) is 2. The molecule has 1 aliphatic heterocycles. The topological polar surface area (TPSA) is 52.6 Å². The lowest BCUT2D eigenvalue weighted by molar-refractivity contribution is -0.271. The van der Waals surface area contributed by atoms with Crippen molar-refractivity contribution in [3.8, 4) is 0 Å². The average Bonchev–Trinajstić information content (AvgIpc) is 2.44. The second kappa shape index (κ2) is 6.12. The summed E-state index contributed by atoms with van der Waals surface area (Å²) in [5.41, 5.74) is -2.18. The number of aliphatic hydroxyl groups is 1. The van der Waals surface area contributed by atoms with Gasteiger partial charge in [-0.2, -0.15) is 13.2 Å². The fourth-order valence-electron chi connectivity index (χ4n) is 2.30. The Kier molecular flexibility index (Phi) is 4.60. The van der Waals surface area contributed by atoms with Gasteiger partial charge in [0.1, 0.15) is 5.82 Å². The van der Waals surface area contributed by atoms with Crippen LogP contribution in [0.4, 0.5) is 22.4 Å². The Morgan fingerprint density at radius 2 is 1.95 bits per heavy atom. The quantitative estimate of drug-likeness (QED) is 0.822. The van der Waals surface area contributed by atoms with Crippen LogP contribution in [0.1, 0.15) is 18.4 Å². The van der Waals surface area contributed by atoms with Gasteiger partial charge in [0, 0.05) is 32.5 Å². The molecule has 0 unspecified atom stereocenters. The molecule has 4 nitrogen and oxygen atoms in total. The standard InChI is InChI=1S/C14H16F4N2O2/c15-11-3-1-2-10(8-11)9-19-12(21)20-6-4-13(22,5-7-20)14(16,17)18/h1-3,8,22H,4-7,9H2,(H,19,21). The normalized spacial score (nSPS) is 18.1. The predicted molar refractivity (Wildman–Crippen MR) is 70.4 cm³/mol. The van der Waals surface area contributed by atoms with Gasteiger partial charge in [0.2, 0.25) is 0 Å². The lowest BCUT2D eigenvalue weighted by Crippen LogP contribution is -2.55. The fraction of sp³-hybridized carbons (Fsp3) is 0.500. The summed E-state index contributed by atoms with van der Waals surface area (Å²) in [5.74, 6) is -0.431. The zero-order valence-corrected chi connectivity index (χ0v) is 11.7. The molecule has 0 atom stereocenters. The van der Waals surface area contributed by atoms with E-state index in [1.54, 1.807) is 6.07 Å². The third kappa shape index (κ3) is 3.68. The third-order valence-electron chi connectivity index (χ3n) is 3.74. The minimum absolute atomic E-state index is 0.0800. The monoisotopic (exact) mass is 320 g/mol. The van der Waals surface area contributed by atoms with Gasteiger partial charge >= 0.3 is 12.2 Å². The van der Waals surface area contributed by atoms with E-state index >= 15 is 0 Å². The van der Waals surface area contributed by atoms with Crippen LogP contribution in [0.2, 0.25) is 0 Å². The maximum absolute atomic E-state index is 13.0. The number of piperidine rings is 1. The molecule has 1 fully saturated rings. The molecule has 1 saturated heterocycles. The summed E-state index contributed by atoms with van der Waals surface area (Å²) in [6.07, 6.45) is -5.80. The maximum atomic E-state index is 13.0. The number of alkyl halides is 3. The zero-order valence-electron chi connectivity index (χ0n) is 11.7. The number of urea groups is 1. The second-order valence-electron chi connectivity index (χ2n) is 5.31. The van der Waals surface area contributed by atoms with E-state index in [-0.39, 0.29) is 19.6 Å². The molecule has 0 radical (unpaired) electrons. The number of nitrogens with zero attached hydrogens (tertiary/aromatic N) is 1. The van der Waals surface area contributed by atoms with Gasteiger partial charge in [0.15, 0.2) is 5.60 Å². The van der Waals surface area contributed by atoms with E-state index in [4.69, 9.17) is 0 Å². The van der Waals surface area contributed by atoms with E-state index in [9.17, 15) is 27.5 Å². The number of hydrogen-bond acceptors (Lipinski definition) is 2. The van der Waals surface area contributed by atoms with E-state index < -0.39 is 36.5 Å². The van der Waals surface area contributed by atoms with E-state index in [2.05, 4.69) is 5.32 Å². The predicted octanol–water partition coefficient (Wildman–Crippen LogP) is 2.42. The first-order chi connectivity index (χ1) is 10.2. The molecule has 122 valence electrons. The van der Waals surface area contributed by atoms with E-state index in [1.807, 2.05) is 0 Å². The summed E-state index contributed by atoms with van der Waals surface area (Å²) < 4.78 is 51.0. The number of halogens is 4. The molecule has 0 bridgehead atoms. The van der Waals surface area contributed by atoms with Crippen LogP contribution in [0.15, 0.2) is 24.3 Å². The minimum atomic E-state index is -4.70. The summed E-state index contributed by atoms with van der Waals surface area (Å²) in [7, 11) is 0. The molecule has 0 aromatic heterocycles. The van der Waals surface area contributed by atoms with Gasteiger partial charge in [0.05, 0.1) is 0 Å². The van der Waals surface area contributed by atoms with Gasteiger partial charge in [-0.05, 0) is 17.7 Å². The number of amides is 2. The van der Waals surface area contributed by atoms with E-state index in [0.29, 0.717) is 5.56 Å². The first kappa shape index (κ1) is 16.5. The molecule has 2 rings (SSSR count). The molecule has 0 spiro atoms. The molecule has 1 heterocycles. The van der Waals surface area contributed by atoms with Crippen molar-refractivity contribution in [2.24, 2.45) is 0 Å². The summed E-state index contributed by atoms with van der Waals surface area (Å²) in [4.78, 5) is 13.1. The molecule has 0 saturated carbocycles. The van der Waals surface area contributed by atoms with Crippen molar-refractivity contribution in [2.75, 3.05) is 13.1 Å². The van der Waals surface area contributed by atoms with Crippen molar-refractivity contribution in [1.82, 2.24) is 10.2 Å². The Morgan fingerprint density at radius 3 is 2.50 bits per heavy atom. The van der Waals surface area contributed by atoms with Crippen LogP contribution in [0.25, 0.3) is 0 Å². The average molecular weight is 320 g/mol. The Bertz CT molecular complexity index is 540. The Hall–Kier alpha value is -1.83. The summed E-state index contributed by atoms with van der Waals surface area (Å²) in [5, 5.41) is 12.0. The van der Waals surface area contributed by atoms with Gasteiger partial charge < -0.3 is 15.3 Å². The summed E-state index contributed by atoms with van der Waals surface area (Å²) in [6.45, 7) is -0.299. The first-order valence-electron chi connectivity index (χ1n) is 6.78. The number of rotatable bonds is 2. The van der Waals surface area contributed by atoms with Crippen LogP contribution >= 0.6 is 0 Å². The van der Waals surface area contributed by atoms with E-state index in [1.165, 1.54) is 23.1 Å². The lowest BCUT2D eigenvalue weighted by atomic mass is 9.91. The van der Waals surface area contributed by atoms with Crippen molar-refractivity contribution in [2.45, 2.75) is 31.2 Å². The Labute approximate surface area is 124 Å². The second-order valence-corrected chi connectivity index (χ2v) is 5.31. The van der Waals surface area contributed by atoms with Crippen molar-refractivity contribution in [3.63, 3.8) is 0 Å². The van der Waals surface area contributed by atoms with Crippen molar-refractivity contribution >= 4 is 6.03 Å². The molecule has 1 aromatic carbocycles. The van der Waals surface area contributed by atoms with Crippen LogP contribution in [0.5, 0.6) is 0 Å². The molecule has 1 aromatic rings. The molecule has 2 N–H and O–H groups in total. The highest BCUT2D eigenvalue weighted by Gasteiger charge is 2.54. The molecule has 2 amide bonds. The summed E-state index contributed by atoms with van der Waals surface area (Å²) >= 11 is 0. The molecule has 22 heavy (non-hydrogen) atoms. The molecule has 0 aliphatic carbocycles. The minimum Gasteiger partial charge on any atom is -0.380 e. The number of carbonyl (C=O) groups excluding carboxylic acids is 1. The van der Waals surface area contributed by atoms with Crippen LogP contribution in [-0.4, -0.2) is 40.9 Å². The number of carbonyl (C=O) groups is 1. The van der Waals surface area contributed by atoms with Crippen LogP contribution in [0.3, 0.4) is 0 Å². The van der Waals surface area contributed by atoms with Crippen molar-refractivity contribution in [3.05, 3.63) is 35.6 Å². The van der Waals surface area contributed by atoms with Gasteiger partial charge in [-0.15, -0.1) is 0 Å². The fourth-order valence-corrected chi connectivity index (χ4v) is 2.30. The summed E-state index contributed by atoms with van der Waals surface area (Å²) in [6, 6.07) is 5.13. The molecule has 8 heteroatoms. The van der Waals surface area contributed by atoms with Crippen LogP contribution < -0.4 is 5.32 Å². The maximum Gasteiger partial charge on any atom is 0.417 e. The van der Waals surface area contributed by atoms with Gasteiger partial charge in [-0.1, -0.05) is 12.1 Å². The SMILES string of the molecule is O=C(NCc1cccc(F)c1)N1CCC(O)(C(F)(F)F)CC1. The molecule has 1 aliphatic rings. The lowest BCUT2D eigenvalue weighted by Gasteiger charge is -2.39. The number of nitrogens with one attached hydrogen (secondary N) is 1.